The summed E-state index contributed by atoms with van der Waals surface area (Å²) in [6.07, 6.45) is 1.48. The maximum Gasteiger partial charge on any atom is 0.294 e. The normalized spacial score (nSPS) is 17.4. The number of fused-ring (bicyclic) bond motifs is 2. The van der Waals surface area contributed by atoms with E-state index in [0.717, 1.165) is 17.8 Å². The van der Waals surface area contributed by atoms with Crippen molar-refractivity contribution in [3.05, 3.63) is 58.3 Å². The summed E-state index contributed by atoms with van der Waals surface area (Å²) in [6.45, 7) is 0.742. The Kier molecular flexibility index (Phi) is 2.03. The molecule has 0 saturated carbocycles. The van der Waals surface area contributed by atoms with Gasteiger partial charge in [0.2, 0.25) is 5.58 Å². The Morgan fingerprint density at radius 2 is 2.16 bits per heavy atom. The van der Waals surface area contributed by atoms with Gasteiger partial charge < -0.3 is 14.7 Å². The molecule has 4 rings (SSSR count). The fraction of sp³-hybridized carbons (Fsp3) is 0.143. The third-order valence-electron chi connectivity index (χ3n) is 3.50. The number of anilines is 1. The Balaban J connectivity index is 1.90. The smallest absolute Gasteiger partial charge is 0.294 e. The number of hydrogen-bond donors (Lipinski definition) is 2. The Morgan fingerprint density at radius 1 is 1.26 bits per heavy atom. The van der Waals surface area contributed by atoms with Crippen LogP contribution in [0.15, 0.2) is 45.8 Å². The van der Waals surface area contributed by atoms with E-state index >= 15 is 0 Å². The first kappa shape index (κ1) is 10.4. The lowest BCUT2D eigenvalue weighted by atomic mass is 10.0. The van der Waals surface area contributed by atoms with Crippen molar-refractivity contribution in [3.8, 4) is 0 Å². The molecule has 2 N–H and O–H groups in total. The molecule has 94 valence electrons. The molecule has 3 heterocycles. The minimum Gasteiger partial charge on any atom is -0.457 e. The monoisotopic (exact) mass is 253 g/mol. The van der Waals surface area contributed by atoms with Crippen LogP contribution in [0.4, 0.5) is 5.69 Å². The zero-order valence-electron chi connectivity index (χ0n) is 10.0. The number of nitrogens with one attached hydrogen (secondary N) is 2. The molecule has 1 aliphatic rings. The first-order valence-corrected chi connectivity index (χ1v) is 6.13. The van der Waals surface area contributed by atoms with E-state index in [2.05, 4.69) is 21.4 Å². The molecule has 0 fully saturated rings. The van der Waals surface area contributed by atoms with E-state index in [9.17, 15) is 4.79 Å². The van der Waals surface area contributed by atoms with E-state index in [4.69, 9.17) is 4.42 Å². The Morgan fingerprint density at radius 3 is 3.11 bits per heavy atom. The standard InChI is InChI=1S/C14H11N3O2/c18-14-12-11(5-6-19-12)16-13(17-14)9-7-15-10-4-2-1-3-8(9)10/h1-6,9,15H,7H2,(H,16,17,18). The molecule has 0 radical (unpaired) electrons. The Bertz CT molecular complexity index is 819. The first-order chi connectivity index (χ1) is 9.33. The van der Waals surface area contributed by atoms with Crippen LogP contribution in [0.25, 0.3) is 11.1 Å². The van der Waals surface area contributed by atoms with E-state index in [0.29, 0.717) is 11.3 Å². The van der Waals surface area contributed by atoms with E-state index in [1.807, 2.05) is 18.2 Å². The maximum absolute atomic E-state index is 11.9. The van der Waals surface area contributed by atoms with Crippen LogP contribution in [0.5, 0.6) is 0 Å². The minimum atomic E-state index is -0.227. The van der Waals surface area contributed by atoms with E-state index < -0.39 is 0 Å². The highest BCUT2D eigenvalue weighted by Gasteiger charge is 2.25. The van der Waals surface area contributed by atoms with Crippen molar-refractivity contribution in [2.24, 2.45) is 0 Å². The van der Waals surface area contributed by atoms with Crippen LogP contribution in [-0.2, 0) is 0 Å². The Hall–Kier alpha value is -2.56. The van der Waals surface area contributed by atoms with E-state index in [1.54, 1.807) is 6.07 Å². The van der Waals surface area contributed by atoms with Crippen molar-refractivity contribution in [3.63, 3.8) is 0 Å². The van der Waals surface area contributed by atoms with Gasteiger partial charge in [-0.3, -0.25) is 4.79 Å². The molecule has 1 unspecified atom stereocenters. The number of rotatable bonds is 1. The van der Waals surface area contributed by atoms with Gasteiger partial charge in [-0.2, -0.15) is 0 Å². The van der Waals surface area contributed by atoms with Gasteiger partial charge in [-0.05, 0) is 11.6 Å². The van der Waals surface area contributed by atoms with Gasteiger partial charge in [0.1, 0.15) is 11.3 Å². The molecule has 5 nitrogen and oxygen atoms in total. The summed E-state index contributed by atoms with van der Waals surface area (Å²) in [4.78, 5) is 19.2. The average molecular weight is 253 g/mol. The molecule has 1 atom stereocenters. The lowest BCUT2D eigenvalue weighted by Gasteiger charge is -2.08. The van der Waals surface area contributed by atoms with Crippen molar-refractivity contribution >= 4 is 16.8 Å². The summed E-state index contributed by atoms with van der Waals surface area (Å²) >= 11 is 0. The average Bonchev–Trinajstić information content (AvgIpc) is 3.04. The van der Waals surface area contributed by atoms with Gasteiger partial charge >= 0.3 is 0 Å². The van der Waals surface area contributed by atoms with Gasteiger partial charge in [0.15, 0.2) is 0 Å². The molecule has 5 heteroatoms. The van der Waals surface area contributed by atoms with Crippen molar-refractivity contribution in [1.29, 1.82) is 0 Å². The lowest BCUT2D eigenvalue weighted by molar-refractivity contribution is 0.608. The molecule has 19 heavy (non-hydrogen) atoms. The Labute approximate surface area is 108 Å². The summed E-state index contributed by atoms with van der Waals surface area (Å²) in [6, 6.07) is 9.78. The van der Waals surface area contributed by atoms with Gasteiger partial charge in [-0.25, -0.2) is 4.98 Å². The maximum atomic E-state index is 11.9. The fourth-order valence-electron chi connectivity index (χ4n) is 2.58. The number of aromatic amines is 1. The van der Waals surface area contributed by atoms with Crippen LogP contribution in [0.1, 0.15) is 17.3 Å². The summed E-state index contributed by atoms with van der Waals surface area (Å²) in [7, 11) is 0. The second kappa shape index (κ2) is 3.71. The fourth-order valence-corrected chi connectivity index (χ4v) is 2.58. The van der Waals surface area contributed by atoms with Crippen LogP contribution in [0.3, 0.4) is 0 Å². The van der Waals surface area contributed by atoms with Crippen molar-refractivity contribution in [1.82, 2.24) is 9.97 Å². The van der Waals surface area contributed by atoms with Crippen LogP contribution >= 0.6 is 0 Å². The molecule has 0 saturated heterocycles. The predicted octanol–water partition coefficient (Wildman–Crippen LogP) is 2.07. The van der Waals surface area contributed by atoms with Crippen molar-refractivity contribution in [2.45, 2.75) is 5.92 Å². The molecule has 0 amide bonds. The molecule has 1 aromatic carbocycles. The predicted molar refractivity (Wildman–Crippen MR) is 71.4 cm³/mol. The molecule has 3 aromatic rings. The molecular formula is C14H11N3O2. The zero-order valence-corrected chi connectivity index (χ0v) is 10.0. The van der Waals surface area contributed by atoms with Crippen molar-refractivity contribution < 1.29 is 4.42 Å². The molecule has 0 aliphatic carbocycles. The number of furan rings is 1. The number of nitrogens with zero attached hydrogens (tertiary/aromatic N) is 1. The molecule has 0 bridgehead atoms. The van der Waals surface area contributed by atoms with Crippen molar-refractivity contribution in [2.75, 3.05) is 11.9 Å². The highest BCUT2D eigenvalue weighted by molar-refractivity contribution is 5.71. The molecular weight excluding hydrogens is 242 g/mol. The highest BCUT2D eigenvalue weighted by atomic mass is 16.3. The summed E-state index contributed by atoms with van der Waals surface area (Å²) < 4.78 is 5.11. The van der Waals surface area contributed by atoms with Crippen LogP contribution < -0.4 is 10.9 Å². The van der Waals surface area contributed by atoms with Gasteiger partial charge in [0.05, 0.1) is 12.2 Å². The number of aromatic nitrogens is 2. The third kappa shape index (κ3) is 1.48. The minimum absolute atomic E-state index is 0.0724. The lowest BCUT2D eigenvalue weighted by Crippen LogP contribution is -2.16. The third-order valence-corrected chi connectivity index (χ3v) is 3.50. The summed E-state index contributed by atoms with van der Waals surface area (Å²) in [5, 5.41) is 3.32. The first-order valence-electron chi connectivity index (χ1n) is 6.13. The second-order valence-corrected chi connectivity index (χ2v) is 4.61. The van der Waals surface area contributed by atoms with E-state index in [1.165, 1.54) is 6.26 Å². The van der Waals surface area contributed by atoms with E-state index in [-0.39, 0.29) is 17.1 Å². The molecule has 0 spiro atoms. The summed E-state index contributed by atoms with van der Waals surface area (Å²) in [5.74, 6) is 0.750. The van der Waals surface area contributed by atoms with Gasteiger partial charge in [-0.1, -0.05) is 18.2 Å². The quantitative estimate of drug-likeness (QED) is 0.696. The topological polar surface area (TPSA) is 70.9 Å². The van der Waals surface area contributed by atoms with Gasteiger partial charge in [0.25, 0.3) is 5.56 Å². The van der Waals surface area contributed by atoms with Gasteiger partial charge in [0, 0.05) is 18.3 Å². The number of benzene rings is 1. The second-order valence-electron chi connectivity index (χ2n) is 4.61. The van der Waals surface area contributed by atoms with Gasteiger partial charge in [-0.15, -0.1) is 0 Å². The number of hydrogen-bond acceptors (Lipinski definition) is 4. The number of para-hydroxylation sites is 1. The highest BCUT2D eigenvalue weighted by Crippen LogP contribution is 2.34. The summed E-state index contributed by atoms with van der Waals surface area (Å²) in [5.41, 5.74) is 2.91. The molecule has 2 aromatic heterocycles. The largest absolute Gasteiger partial charge is 0.457 e. The van der Waals surface area contributed by atoms with Crippen LogP contribution in [0, 0.1) is 0 Å². The molecule has 1 aliphatic heterocycles. The van der Waals surface area contributed by atoms with Crippen LogP contribution in [0.2, 0.25) is 0 Å². The zero-order chi connectivity index (χ0) is 12.8. The van der Waals surface area contributed by atoms with Crippen LogP contribution in [-0.4, -0.2) is 16.5 Å². The SMILES string of the molecule is O=c1[nH]c(C2CNc3ccccc32)nc2ccoc12. The number of H-pyrrole nitrogens is 1.